The van der Waals surface area contributed by atoms with Crippen molar-refractivity contribution in [1.82, 2.24) is 5.32 Å². The first kappa shape index (κ1) is 18.4. The van der Waals surface area contributed by atoms with E-state index in [4.69, 9.17) is 14.6 Å². The number of rotatable bonds is 7. The fourth-order valence-electron chi connectivity index (χ4n) is 1.48. The van der Waals surface area contributed by atoms with Gasteiger partial charge in [-0.2, -0.15) is 0 Å². The van der Waals surface area contributed by atoms with Crippen LogP contribution in [-0.4, -0.2) is 42.9 Å². The first-order valence-corrected chi connectivity index (χ1v) is 8.23. The highest BCUT2D eigenvalue weighted by atomic mass is 28.4. The van der Waals surface area contributed by atoms with Gasteiger partial charge in [-0.3, -0.25) is 0 Å². The van der Waals surface area contributed by atoms with Crippen molar-refractivity contribution in [3.63, 3.8) is 0 Å². The van der Waals surface area contributed by atoms with Gasteiger partial charge in [0.1, 0.15) is 0 Å². The third kappa shape index (κ3) is 8.24. The van der Waals surface area contributed by atoms with E-state index >= 15 is 0 Å². The van der Waals surface area contributed by atoms with Crippen molar-refractivity contribution in [3.05, 3.63) is 0 Å². The first-order valence-electron chi connectivity index (χ1n) is 6.00. The fourth-order valence-corrected chi connectivity index (χ4v) is 4.44. The summed E-state index contributed by atoms with van der Waals surface area (Å²) < 4.78 is 11.1. The normalized spacial score (nSPS) is 12.9. The molecule has 0 heterocycles. The predicted octanol–water partition coefficient (Wildman–Crippen LogP) is 1.70. The van der Waals surface area contributed by atoms with Gasteiger partial charge in [0.25, 0.3) is 0 Å². The number of hydrogen-bond donors (Lipinski definition) is 2. The minimum Gasteiger partial charge on any atom is -0.398 e. The molecule has 0 amide bonds. The molecule has 0 rings (SSSR count). The molecule has 0 spiro atoms. The zero-order valence-electron chi connectivity index (χ0n) is 11.8. The summed E-state index contributed by atoms with van der Waals surface area (Å²) in [4.78, 5) is 0. The van der Waals surface area contributed by atoms with Crippen LogP contribution in [0.15, 0.2) is 0 Å². The van der Waals surface area contributed by atoms with Gasteiger partial charge >= 0.3 is 8.56 Å². The van der Waals surface area contributed by atoms with E-state index in [1.807, 2.05) is 14.1 Å². The summed E-state index contributed by atoms with van der Waals surface area (Å²) in [5.74, 6) is 0. The molecule has 0 aromatic rings. The Morgan fingerprint density at radius 3 is 1.88 bits per heavy atom. The second-order valence-corrected chi connectivity index (χ2v) is 7.49. The number of nitrogens with one attached hydrogen (secondary N) is 1. The second kappa shape index (κ2) is 11.5. The topological polar surface area (TPSA) is 56.5 Å². The summed E-state index contributed by atoms with van der Waals surface area (Å²) in [7, 11) is 5.29. The smallest absolute Gasteiger partial charge is 0.339 e. The molecule has 3 N–H and O–H groups in total. The van der Waals surface area contributed by atoms with Crippen LogP contribution >= 0.6 is 0 Å². The highest BCUT2D eigenvalue weighted by Crippen LogP contribution is 2.21. The van der Waals surface area contributed by atoms with Crippen LogP contribution in [-0.2, 0) is 8.85 Å². The SMILES string of the molecule is CCC[Si](CC(N)CC)(OC)OC.CNC. The molecule has 0 saturated carbocycles. The van der Waals surface area contributed by atoms with Gasteiger partial charge < -0.3 is 19.9 Å². The lowest BCUT2D eigenvalue weighted by molar-refractivity contribution is 0.237. The van der Waals surface area contributed by atoms with Crippen molar-refractivity contribution in [1.29, 1.82) is 0 Å². The molecule has 0 aromatic heterocycles. The molecule has 0 saturated heterocycles. The van der Waals surface area contributed by atoms with Gasteiger partial charge in [-0.15, -0.1) is 0 Å². The molecule has 1 unspecified atom stereocenters. The van der Waals surface area contributed by atoms with E-state index in [-0.39, 0.29) is 6.04 Å². The van der Waals surface area contributed by atoms with Crippen molar-refractivity contribution < 1.29 is 8.85 Å². The molecule has 1 atom stereocenters. The van der Waals surface area contributed by atoms with Crippen LogP contribution in [0.25, 0.3) is 0 Å². The summed E-state index contributed by atoms with van der Waals surface area (Å²) in [6.07, 6.45) is 2.09. The van der Waals surface area contributed by atoms with Crippen LogP contribution in [0, 0.1) is 0 Å². The predicted molar refractivity (Wildman–Crippen MR) is 72.9 cm³/mol. The maximum Gasteiger partial charge on any atom is 0.339 e. The van der Waals surface area contributed by atoms with Crippen LogP contribution in [0.2, 0.25) is 12.1 Å². The Balaban J connectivity index is 0. The summed E-state index contributed by atoms with van der Waals surface area (Å²) >= 11 is 0. The Bertz CT molecular complexity index is 144. The number of hydrogen-bond acceptors (Lipinski definition) is 4. The second-order valence-electron chi connectivity index (χ2n) is 3.94. The van der Waals surface area contributed by atoms with E-state index in [9.17, 15) is 0 Å². The summed E-state index contributed by atoms with van der Waals surface area (Å²) in [6, 6.07) is 2.16. The third-order valence-corrected chi connectivity index (χ3v) is 6.37. The van der Waals surface area contributed by atoms with Gasteiger partial charge in [-0.1, -0.05) is 20.3 Å². The molecule has 0 bridgehead atoms. The van der Waals surface area contributed by atoms with Gasteiger partial charge in [0, 0.05) is 26.3 Å². The first-order chi connectivity index (χ1) is 7.55. The minimum absolute atomic E-state index is 0.220. The molecule has 5 heteroatoms. The zero-order chi connectivity index (χ0) is 13.0. The molecule has 0 aliphatic carbocycles. The maximum absolute atomic E-state index is 5.92. The van der Waals surface area contributed by atoms with Crippen LogP contribution in [0.3, 0.4) is 0 Å². The highest BCUT2D eigenvalue weighted by molar-refractivity contribution is 6.67. The summed E-state index contributed by atoms with van der Waals surface area (Å²) in [6.45, 7) is 4.25. The Morgan fingerprint density at radius 2 is 1.62 bits per heavy atom. The van der Waals surface area contributed by atoms with Gasteiger partial charge in [-0.05, 0) is 26.6 Å². The molecular weight excluding hydrogens is 220 g/mol. The lowest BCUT2D eigenvalue weighted by Crippen LogP contribution is -2.44. The Hall–Kier alpha value is 0.0569. The molecule has 100 valence electrons. The molecule has 0 aliphatic rings. The quantitative estimate of drug-likeness (QED) is 0.675. The van der Waals surface area contributed by atoms with Crippen LogP contribution in [0.4, 0.5) is 0 Å². The van der Waals surface area contributed by atoms with Crippen molar-refractivity contribution in [2.45, 2.75) is 44.8 Å². The molecule has 16 heavy (non-hydrogen) atoms. The van der Waals surface area contributed by atoms with E-state index in [2.05, 4.69) is 19.2 Å². The molecule has 0 radical (unpaired) electrons. The Morgan fingerprint density at radius 1 is 1.19 bits per heavy atom. The monoisotopic (exact) mass is 250 g/mol. The molecule has 4 nitrogen and oxygen atoms in total. The number of nitrogens with two attached hydrogens (primary N) is 1. The van der Waals surface area contributed by atoms with Crippen molar-refractivity contribution in [3.8, 4) is 0 Å². The van der Waals surface area contributed by atoms with Crippen LogP contribution < -0.4 is 11.1 Å². The molecule has 0 fully saturated rings. The minimum atomic E-state index is -1.95. The highest BCUT2D eigenvalue weighted by Gasteiger charge is 2.35. The van der Waals surface area contributed by atoms with Gasteiger partial charge in [0.05, 0.1) is 0 Å². The lowest BCUT2D eigenvalue weighted by atomic mass is 10.3. The zero-order valence-corrected chi connectivity index (χ0v) is 12.8. The van der Waals surface area contributed by atoms with Gasteiger partial charge in [-0.25, -0.2) is 0 Å². The van der Waals surface area contributed by atoms with E-state index < -0.39 is 8.56 Å². The largest absolute Gasteiger partial charge is 0.398 e. The van der Waals surface area contributed by atoms with Crippen LogP contribution in [0.5, 0.6) is 0 Å². The summed E-state index contributed by atoms with van der Waals surface area (Å²) in [5.41, 5.74) is 5.92. The van der Waals surface area contributed by atoms with E-state index in [0.29, 0.717) is 0 Å². The average Bonchev–Trinajstić information content (AvgIpc) is 2.29. The molecule has 0 aromatic carbocycles. The Kier molecular flexibility index (Phi) is 13.3. The summed E-state index contributed by atoms with van der Waals surface area (Å²) in [5, 5.41) is 2.75. The van der Waals surface area contributed by atoms with Gasteiger partial charge in [0.15, 0.2) is 0 Å². The Labute approximate surface area is 102 Å². The molecule has 0 aliphatic heterocycles. The van der Waals surface area contributed by atoms with E-state index in [0.717, 1.165) is 24.9 Å². The maximum atomic E-state index is 5.92. The van der Waals surface area contributed by atoms with E-state index in [1.54, 1.807) is 14.2 Å². The van der Waals surface area contributed by atoms with Crippen molar-refractivity contribution in [2.75, 3.05) is 28.3 Å². The van der Waals surface area contributed by atoms with Crippen LogP contribution in [0.1, 0.15) is 26.7 Å². The van der Waals surface area contributed by atoms with E-state index in [1.165, 1.54) is 0 Å². The lowest BCUT2D eigenvalue weighted by Gasteiger charge is -2.29. The van der Waals surface area contributed by atoms with Gasteiger partial charge in [0.2, 0.25) is 0 Å². The fraction of sp³-hybridized carbons (Fsp3) is 1.00. The van der Waals surface area contributed by atoms with Crippen molar-refractivity contribution >= 4 is 8.56 Å². The van der Waals surface area contributed by atoms with Crippen molar-refractivity contribution in [2.24, 2.45) is 5.73 Å². The average molecular weight is 250 g/mol. The standard InChI is InChI=1S/C9H23NO2Si.C2H7N/c1-5-7-13(11-3,12-4)8-9(10)6-2;1-3-2/h9H,5-8,10H2,1-4H3;3H,1-2H3. The third-order valence-electron chi connectivity index (χ3n) is 2.47. The molecular formula is C11H30N2O2Si.